The van der Waals surface area contributed by atoms with Crippen LogP contribution in [0.4, 0.5) is 26.7 Å². The number of anilines is 3. The number of amides is 4. The van der Waals surface area contributed by atoms with Crippen molar-refractivity contribution in [3.8, 4) is 0 Å². The first-order valence-electron chi connectivity index (χ1n) is 17.5. The van der Waals surface area contributed by atoms with Crippen molar-refractivity contribution in [3.63, 3.8) is 0 Å². The SMILES string of the molecule is O=C(NCc1ccccc1N1CCCCC1)N(Cc1ccccc1N1CCCCC1)C(=O)NCc1ccccc1N1CCCCC1. The summed E-state index contributed by atoms with van der Waals surface area (Å²) < 4.78 is 0. The molecule has 3 saturated heterocycles. The van der Waals surface area contributed by atoms with Crippen molar-refractivity contribution in [2.75, 3.05) is 54.0 Å². The smallest absolute Gasteiger partial charge is 0.326 e. The lowest BCUT2D eigenvalue weighted by Crippen LogP contribution is -2.48. The Labute approximate surface area is 274 Å². The van der Waals surface area contributed by atoms with Gasteiger partial charge in [0.15, 0.2) is 0 Å². The summed E-state index contributed by atoms with van der Waals surface area (Å²) in [6.45, 7) is 7.05. The maximum Gasteiger partial charge on any atom is 0.326 e. The van der Waals surface area contributed by atoms with Crippen LogP contribution in [0.5, 0.6) is 0 Å². The molecule has 3 aliphatic heterocycles. The van der Waals surface area contributed by atoms with E-state index in [0.717, 1.165) is 74.5 Å². The van der Waals surface area contributed by atoms with Gasteiger partial charge in [-0.2, -0.15) is 0 Å². The number of hydrogen-bond donors (Lipinski definition) is 2. The third kappa shape index (κ3) is 7.95. The van der Waals surface area contributed by atoms with Crippen LogP contribution in [0.3, 0.4) is 0 Å². The van der Waals surface area contributed by atoms with Crippen LogP contribution >= 0.6 is 0 Å². The maximum absolute atomic E-state index is 14.0. The topological polar surface area (TPSA) is 71.2 Å². The molecule has 6 rings (SSSR count). The van der Waals surface area contributed by atoms with E-state index < -0.39 is 0 Å². The summed E-state index contributed by atoms with van der Waals surface area (Å²) >= 11 is 0. The first-order chi connectivity index (χ1) is 22.7. The quantitative estimate of drug-likeness (QED) is 0.263. The van der Waals surface area contributed by atoms with Crippen molar-refractivity contribution < 1.29 is 9.59 Å². The lowest BCUT2D eigenvalue weighted by molar-refractivity contribution is 0.183. The number of imide groups is 1. The maximum atomic E-state index is 14.0. The van der Waals surface area contributed by atoms with Gasteiger partial charge in [-0.3, -0.25) is 0 Å². The summed E-state index contributed by atoms with van der Waals surface area (Å²) in [6.07, 6.45) is 10.8. The minimum Gasteiger partial charge on any atom is -0.371 e. The van der Waals surface area contributed by atoms with Gasteiger partial charge in [0.2, 0.25) is 0 Å². The second kappa shape index (κ2) is 15.9. The summed E-state index contributed by atoms with van der Waals surface area (Å²) in [5, 5.41) is 6.24. The van der Waals surface area contributed by atoms with Crippen LogP contribution in [0.15, 0.2) is 72.8 Å². The molecular weight excluding hydrogens is 572 g/mol. The number of carbonyl (C=O) groups excluding carboxylic acids is 2. The van der Waals surface area contributed by atoms with Crippen LogP contribution in [0, 0.1) is 0 Å². The molecule has 244 valence electrons. The van der Waals surface area contributed by atoms with Gasteiger partial charge in [-0.15, -0.1) is 0 Å². The third-order valence-electron chi connectivity index (χ3n) is 9.74. The van der Waals surface area contributed by atoms with E-state index in [9.17, 15) is 9.59 Å². The largest absolute Gasteiger partial charge is 0.371 e. The van der Waals surface area contributed by atoms with Crippen LogP contribution in [0.1, 0.15) is 74.5 Å². The molecule has 0 radical (unpaired) electrons. The minimum absolute atomic E-state index is 0.200. The fourth-order valence-electron chi connectivity index (χ4n) is 7.23. The summed E-state index contributed by atoms with van der Waals surface area (Å²) in [5.41, 5.74) is 6.58. The molecule has 0 aromatic heterocycles. The predicted molar refractivity (Wildman–Crippen MR) is 188 cm³/mol. The van der Waals surface area contributed by atoms with E-state index in [0.29, 0.717) is 13.1 Å². The number of carbonyl (C=O) groups is 2. The van der Waals surface area contributed by atoms with E-state index >= 15 is 0 Å². The van der Waals surface area contributed by atoms with Gasteiger partial charge in [-0.25, -0.2) is 14.5 Å². The van der Waals surface area contributed by atoms with Crippen molar-refractivity contribution in [2.24, 2.45) is 0 Å². The lowest BCUT2D eigenvalue weighted by atomic mass is 10.1. The number of hydrogen-bond acceptors (Lipinski definition) is 5. The molecule has 3 fully saturated rings. The van der Waals surface area contributed by atoms with Gasteiger partial charge in [0.1, 0.15) is 0 Å². The zero-order valence-corrected chi connectivity index (χ0v) is 27.3. The molecule has 8 heteroatoms. The predicted octanol–water partition coefficient (Wildman–Crippen LogP) is 7.28. The highest BCUT2D eigenvalue weighted by atomic mass is 16.2. The van der Waals surface area contributed by atoms with Crippen molar-refractivity contribution in [2.45, 2.75) is 77.4 Å². The molecule has 0 atom stereocenters. The van der Waals surface area contributed by atoms with Gasteiger partial charge in [0.25, 0.3) is 0 Å². The standard InChI is InChI=1S/C38H50N6O2/c45-37(39-28-31-16-4-7-19-34(31)41-22-10-1-11-23-41)44(30-33-18-6-9-21-36(33)43-26-14-3-15-27-43)38(46)40-29-32-17-5-8-20-35(32)42-24-12-2-13-25-42/h4-9,16-21H,1-3,10-15,22-30H2,(H,39,45)(H,40,46). The Balaban J connectivity index is 1.20. The van der Waals surface area contributed by atoms with E-state index in [1.807, 2.05) is 24.3 Å². The zero-order valence-electron chi connectivity index (χ0n) is 27.3. The lowest BCUT2D eigenvalue weighted by Gasteiger charge is -2.32. The number of benzene rings is 3. The Morgan fingerprint density at radius 1 is 0.478 bits per heavy atom. The van der Waals surface area contributed by atoms with Crippen molar-refractivity contribution >= 4 is 29.1 Å². The van der Waals surface area contributed by atoms with E-state index in [-0.39, 0.29) is 18.6 Å². The van der Waals surface area contributed by atoms with Crippen LogP contribution in [0.25, 0.3) is 0 Å². The monoisotopic (exact) mass is 622 g/mol. The van der Waals surface area contributed by atoms with E-state index in [1.54, 1.807) is 0 Å². The fraction of sp³-hybridized carbons (Fsp3) is 0.474. The molecule has 0 bridgehead atoms. The molecule has 3 aliphatic rings. The van der Waals surface area contributed by atoms with Crippen molar-refractivity contribution in [1.82, 2.24) is 15.5 Å². The van der Waals surface area contributed by atoms with Crippen LogP contribution in [-0.4, -0.2) is 56.2 Å². The van der Waals surface area contributed by atoms with Gasteiger partial charge in [0.05, 0.1) is 6.54 Å². The molecule has 0 saturated carbocycles. The molecule has 0 aliphatic carbocycles. The Morgan fingerprint density at radius 3 is 1.20 bits per heavy atom. The highest BCUT2D eigenvalue weighted by molar-refractivity contribution is 5.93. The average Bonchev–Trinajstić information content (AvgIpc) is 3.13. The highest BCUT2D eigenvalue weighted by Gasteiger charge is 2.25. The molecule has 0 spiro atoms. The summed E-state index contributed by atoms with van der Waals surface area (Å²) in [5.74, 6) is 0. The molecule has 46 heavy (non-hydrogen) atoms. The highest BCUT2D eigenvalue weighted by Crippen LogP contribution is 2.28. The number of nitrogens with one attached hydrogen (secondary N) is 2. The van der Waals surface area contributed by atoms with Gasteiger partial charge in [0, 0.05) is 69.4 Å². The Bertz CT molecular complexity index is 1360. The molecule has 4 amide bonds. The fourth-order valence-corrected chi connectivity index (χ4v) is 7.23. The van der Waals surface area contributed by atoms with E-state index in [2.05, 4.69) is 73.9 Å². The number of rotatable bonds is 9. The first kappa shape index (κ1) is 31.8. The third-order valence-corrected chi connectivity index (χ3v) is 9.74. The number of nitrogens with zero attached hydrogens (tertiary/aromatic N) is 4. The normalized spacial score (nSPS) is 17.0. The van der Waals surface area contributed by atoms with Gasteiger partial charge < -0.3 is 25.3 Å². The molecular formula is C38H50N6O2. The zero-order chi connectivity index (χ0) is 31.6. The molecule has 3 aromatic carbocycles. The molecule has 2 N–H and O–H groups in total. The van der Waals surface area contributed by atoms with Gasteiger partial charge in [-0.1, -0.05) is 54.6 Å². The Kier molecular flexibility index (Phi) is 11.0. The van der Waals surface area contributed by atoms with Crippen LogP contribution in [0.2, 0.25) is 0 Å². The Hall–Kier alpha value is -4.20. The number of urea groups is 2. The van der Waals surface area contributed by atoms with E-state index in [4.69, 9.17) is 0 Å². The van der Waals surface area contributed by atoms with Crippen LogP contribution in [-0.2, 0) is 19.6 Å². The average molecular weight is 623 g/mol. The molecule has 3 heterocycles. The summed E-state index contributed by atoms with van der Waals surface area (Å²) in [4.78, 5) is 36.6. The Morgan fingerprint density at radius 2 is 0.804 bits per heavy atom. The van der Waals surface area contributed by atoms with Gasteiger partial charge in [-0.05, 0) is 92.7 Å². The second-order valence-corrected chi connectivity index (χ2v) is 12.9. The van der Waals surface area contributed by atoms with Gasteiger partial charge >= 0.3 is 12.1 Å². The molecule has 8 nitrogen and oxygen atoms in total. The molecule has 3 aromatic rings. The minimum atomic E-state index is -0.385. The van der Waals surface area contributed by atoms with Crippen molar-refractivity contribution in [1.29, 1.82) is 0 Å². The number of piperidine rings is 3. The van der Waals surface area contributed by atoms with E-state index in [1.165, 1.54) is 61.2 Å². The first-order valence-corrected chi connectivity index (χ1v) is 17.5. The summed E-state index contributed by atoms with van der Waals surface area (Å²) in [7, 11) is 0. The number of para-hydroxylation sites is 3. The second-order valence-electron chi connectivity index (χ2n) is 12.9. The summed E-state index contributed by atoms with van der Waals surface area (Å²) in [6, 6.07) is 24.1. The van der Waals surface area contributed by atoms with Crippen molar-refractivity contribution in [3.05, 3.63) is 89.5 Å². The van der Waals surface area contributed by atoms with Crippen LogP contribution < -0.4 is 25.3 Å². The molecule has 0 unspecified atom stereocenters.